The van der Waals surface area contributed by atoms with Gasteiger partial charge in [-0.15, -0.1) is 0 Å². The molecule has 0 aliphatic carbocycles. The van der Waals surface area contributed by atoms with Crippen LogP contribution in [0.4, 0.5) is 0 Å². The van der Waals surface area contributed by atoms with Crippen molar-refractivity contribution in [1.82, 2.24) is 4.90 Å². The molecule has 0 heterocycles. The Labute approximate surface area is 127 Å². The number of hydrogen-bond donors (Lipinski definition) is 1. The number of aliphatic hydroxyl groups excluding tert-OH is 1. The highest BCUT2D eigenvalue weighted by atomic mass is 16.3. The minimum Gasteiger partial charge on any atom is -0.396 e. The largest absolute Gasteiger partial charge is 0.396 e. The summed E-state index contributed by atoms with van der Waals surface area (Å²) >= 11 is 0. The Bertz CT molecular complexity index is 173. The molecule has 0 amide bonds. The maximum absolute atomic E-state index is 9.00. The zero-order chi connectivity index (χ0) is 14.9. The van der Waals surface area contributed by atoms with Crippen LogP contribution in [0.5, 0.6) is 0 Å². The summed E-state index contributed by atoms with van der Waals surface area (Å²) in [5.74, 6) is 0. The lowest BCUT2D eigenvalue weighted by Gasteiger charge is -2.22. The predicted molar refractivity (Wildman–Crippen MR) is 90.3 cm³/mol. The van der Waals surface area contributed by atoms with E-state index in [-0.39, 0.29) is 0 Å². The van der Waals surface area contributed by atoms with Gasteiger partial charge in [0.25, 0.3) is 0 Å². The van der Waals surface area contributed by atoms with Crippen LogP contribution >= 0.6 is 0 Å². The fourth-order valence-corrected chi connectivity index (χ4v) is 2.68. The van der Waals surface area contributed by atoms with Gasteiger partial charge >= 0.3 is 0 Å². The van der Waals surface area contributed by atoms with Gasteiger partial charge in [0.1, 0.15) is 0 Å². The first-order valence-corrected chi connectivity index (χ1v) is 9.18. The van der Waals surface area contributed by atoms with Gasteiger partial charge in [-0.1, -0.05) is 71.6 Å². The highest BCUT2D eigenvalue weighted by Gasteiger charge is 2.04. The summed E-state index contributed by atoms with van der Waals surface area (Å²) in [6, 6.07) is 0. The number of nitrogens with zero attached hydrogens (tertiary/aromatic N) is 1. The second-order valence-electron chi connectivity index (χ2n) is 6.10. The third-order valence-corrected chi connectivity index (χ3v) is 4.04. The van der Waals surface area contributed by atoms with Crippen molar-refractivity contribution in [3.63, 3.8) is 0 Å². The Morgan fingerprint density at radius 2 is 0.950 bits per heavy atom. The van der Waals surface area contributed by atoms with Gasteiger partial charge in [-0.3, -0.25) is 0 Å². The second-order valence-corrected chi connectivity index (χ2v) is 6.10. The molecule has 0 saturated carbocycles. The molecular formula is C18H39NO. The second kappa shape index (κ2) is 17.0. The topological polar surface area (TPSA) is 23.5 Å². The molecule has 0 saturated heterocycles. The van der Waals surface area contributed by atoms with E-state index in [1.165, 1.54) is 83.7 Å². The highest BCUT2D eigenvalue weighted by molar-refractivity contribution is 4.59. The van der Waals surface area contributed by atoms with Crippen molar-refractivity contribution in [1.29, 1.82) is 0 Å². The third-order valence-electron chi connectivity index (χ3n) is 4.04. The van der Waals surface area contributed by atoms with E-state index in [1.807, 2.05) is 0 Å². The third kappa shape index (κ3) is 14.3. The van der Waals surface area contributed by atoms with Crippen molar-refractivity contribution in [3.8, 4) is 0 Å². The van der Waals surface area contributed by atoms with Crippen molar-refractivity contribution in [2.24, 2.45) is 0 Å². The van der Waals surface area contributed by atoms with E-state index < -0.39 is 0 Å². The first-order valence-electron chi connectivity index (χ1n) is 9.18. The Morgan fingerprint density at radius 3 is 1.40 bits per heavy atom. The zero-order valence-corrected chi connectivity index (χ0v) is 14.2. The van der Waals surface area contributed by atoms with Crippen LogP contribution in [-0.2, 0) is 0 Å². The van der Waals surface area contributed by atoms with Crippen LogP contribution in [0.2, 0.25) is 0 Å². The Balaban J connectivity index is 3.56. The van der Waals surface area contributed by atoms with Crippen LogP contribution in [0.3, 0.4) is 0 Å². The molecule has 0 rings (SSSR count). The molecule has 0 aromatic heterocycles. The van der Waals surface area contributed by atoms with E-state index in [1.54, 1.807) is 0 Å². The lowest BCUT2D eigenvalue weighted by atomic mass is 10.1. The van der Waals surface area contributed by atoms with Gasteiger partial charge in [-0.05, 0) is 32.4 Å². The summed E-state index contributed by atoms with van der Waals surface area (Å²) in [7, 11) is 0. The summed E-state index contributed by atoms with van der Waals surface area (Å²) in [6.45, 7) is 8.43. The monoisotopic (exact) mass is 285 g/mol. The van der Waals surface area contributed by atoms with Gasteiger partial charge in [0.05, 0.1) is 0 Å². The van der Waals surface area contributed by atoms with Gasteiger partial charge < -0.3 is 10.0 Å². The molecule has 0 fully saturated rings. The standard InChI is InChI=1S/C18H39NO/c1-3-5-7-9-11-13-16-19(17-14-18-20)15-12-10-8-6-4-2/h20H,3-18H2,1-2H3. The molecule has 0 aliphatic rings. The van der Waals surface area contributed by atoms with Crippen molar-refractivity contribution >= 4 is 0 Å². The number of unbranched alkanes of at least 4 members (excludes halogenated alkanes) is 9. The normalized spacial score (nSPS) is 11.4. The predicted octanol–water partition coefficient (Wildman–Crippen LogP) is 5.00. The molecule has 1 N–H and O–H groups in total. The highest BCUT2D eigenvalue weighted by Crippen LogP contribution is 2.08. The van der Waals surface area contributed by atoms with Crippen molar-refractivity contribution in [2.45, 2.75) is 90.9 Å². The maximum Gasteiger partial charge on any atom is 0.0443 e. The van der Waals surface area contributed by atoms with E-state index in [9.17, 15) is 0 Å². The van der Waals surface area contributed by atoms with E-state index in [0.29, 0.717) is 6.61 Å². The van der Waals surface area contributed by atoms with Gasteiger partial charge in [0.15, 0.2) is 0 Å². The summed E-state index contributed by atoms with van der Waals surface area (Å²) in [5, 5.41) is 9.00. The maximum atomic E-state index is 9.00. The van der Waals surface area contributed by atoms with Gasteiger partial charge in [-0.25, -0.2) is 0 Å². The van der Waals surface area contributed by atoms with Gasteiger partial charge in [0.2, 0.25) is 0 Å². The fourth-order valence-electron chi connectivity index (χ4n) is 2.68. The van der Waals surface area contributed by atoms with Crippen molar-refractivity contribution in [3.05, 3.63) is 0 Å². The fraction of sp³-hybridized carbons (Fsp3) is 1.00. The molecule has 0 aromatic carbocycles. The molecule has 2 nitrogen and oxygen atoms in total. The van der Waals surface area contributed by atoms with Crippen LogP contribution < -0.4 is 0 Å². The van der Waals surface area contributed by atoms with Crippen molar-refractivity contribution < 1.29 is 5.11 Å². The average Bonchev–Trinajstić information content (AvgIpc) is 2.47. The van der Waals surface area contributed by atoms with Crippen LogP contribution in [0.25, 0.3) is 0 Å². The summed E-state index contributed by atoms with van der Waals surface area (Å²) in [5.41, 5.74) is 0. The molecule has 0 unspecified atom stereocenters. The van der Waals surface area contributed by atoms with Gasteiger partial charge in [0, 0.05) is 13.2 Å². The van der Waals surface area contributed by atoms with E-state index in [0.717, 1.165) is 13.0 Å². The number of aliphatic hydroxyl groups is 1. The van der Waals surface area contributed by atoms with Gasteiger partial charge in [-0.2, -0.15) is 0 Å². The lowest BCUT2D eigenvalue weighted by Crippen LogP contribution is -2.27. The van der Waals surface area contributed by atoms with Crippen molar-refractivity contribution in [2.75, 3.05) is 26.2 Å². The lowest BCUT2D eigenvalue weighted by molar-refractivity contribution is 0.217. The number of rotatable bonds is 16. The molecule has 0 bridgehead atoms. The quantitative estimate of drug-likeness (QED) is 0.403. The van der Waals surface area contributed by atoms with E-state index in [2.05, 4.69) is 18.7 Å². The molecule has 0 atom stereocenters. The molecule has 122 valence electrons. The zero-order valence-electron chi connectivity index (χ0n) is 14.2. The molecule has 2 heteroatoms. The summed E-state index contributed by atoms with van der Waals surface area (Å²) < 4.78 is 0. The first kappa shape index (κ1) is 19.9. The van der Waals surface area contributed by atoms with Crippen LogP contribution in [0.15, 0.2) is 0 Å². The molecular weight excluding hydrogens is 246 g/mol. The Morgan fingerprint density at radius 1 is 0.550 bits per heavy atom. The molecule has 0 aromatic rings. The summed E-state index contributed by atoms with van der Waals surface area (Å²) in [6.07, 6.45) is 16.0. The molecule has 20 heavy (non-hydrogen) atoms. The SMILES string of the molecule is CCCCCCCCN(CCCO)CCCCCCC. The first-order chi connectivity index (χ1) is 9.85. The van der Waals surface area contributed by atoms with Crippen LogP contribution in [-0.4, -0.2) is 36.2 Å². The minimum atomic E-state index is 0.336. The van der Waals surface area contributed by atoms with E-state index in [4.69, 9.17) is 5.11 Å². The number of hydrogen-bond acceptors (Lipinski definition) is 2. The molecule has 0 spiro atoms. The minimum absolute atomic E-state index is 0.336. The average molecular weight is 286 g/mol. The van der Waals surface area contributed by atoms with E-state index >= 15 is 0 Å². The Hall–Kier alpha value is -0.0800. The Kier molecular flexibility index (Phi) is 16.9. The van der Waals surface area contributed by atoms with Crippen LogP contribution in [0.1, 0.15) is 90.9 Å². The summed E-state index contributed by atoms with van der Waals surface area (Å²) in [4.78, 5) is 2.57. The molecule has 0 aliphatic heterocycles. The molecule has 0 radical (unpaired) electrons. The van der Waals surface area contributed by atoms with Crippen LogP contribution in [0, 0.1) is 0 Å². The smallest absolute Gasteiger partial charge is 0.0443 e.